The Morgan fingerprint density at radius 3 is 2.21 bits per heavy atom. The Hall–Kier alpha value is -4.05. The van der Waals surface area contributed by atoms with Crippen LogP contribution in [-0.2, 0) is 32.6 Å². The normalized spacial score (nSPS) is 12.6. The smallest absolute Gasteiger partial charge is 0.244 e. The van der Waals surface area contributed by atoms with E-state index >= 15 is 0 Å². The van der Waals surface area contributed by atoms with Crippen LogP contribution in [0.2, 0.25) is 0 Å². The molecule has 1 N–H and O–H groups in total. The van der Waals surface area contributed by atoms with E-state index < -0.39 is 28.5 Å². The Bertz CT molecular complexity index is 1460. The van der Waals surface area contributed by atoms with Gasteiger partial charge < -0.3 is 19.7 Å². The average Bonchev–Trinajstić information content (AvgIpc) is 2.97. The molecule has 0 spiro atoms. The highest BCUT2D eigenvalue weighted by Gasteiger charge is 2.34. The van der Waals surface area contributed by atoms with E-state index in [0.29, 0.717) is 12.2 Å². The van der Waals surface area contributed by atoms with Crippen molar-refractivity contribution in [1.29, 1.82) is 0 Å². The number of hydrogen-bond acceptors (Lipinski definition) is 6. The largest absolute Gasteiger partial charge is 0.497 e. The summed E-state index contributed by atoms with van der Waals surface area (Å²) in [5.74, 6) is -0.179. The minimum Gasteiger partial charge on any atom is -0.497 e. The van der Waals surface area contributed by atoms with Crippen LogP contribution in [0, 0.1) is 6.92 Å². The Morgan fingerprint density at radius 2 is 1.62 bits per heavy atom. The molecule has 0 aliphatic carbocycles. The molecule has 3 aromatic rings. The number of nitrogens with zero attached hydrogens (tertiary/aromatic N) is 2. The minimum absolute atomic E-state index is 0.111. The summed E-state index contributed by atoms with van der Waals surface area (Å²) in [5.41, 5.74) is 2.83. The summed E-state index contributed by atoms with van der Waals surface area (Å²) in [5, 5.41) is 3.03. The van der Waals surface area contributed by atoms with Crippen molar-refractivity contribution >= 4 is 27.5 Å². The molecule has 2 atom stereocenters. The maximum Gasteiger partial charge on any atom is 0.244 e. The predicted molar refractivity (Wildman–Crippen MR) is 165 cm³/mol. The van der Waals surface area contributed by atoms with Crippen LogP contribution in [0.1, 0.15) is 37.0 Å². The molecule has 0 saturated heterocycles. The summed E-state index contributed by atoms with van der Waals surface area (Å²) in [6.07, 6.45) is 2.00. The second-order valence-electron chi connectivity index (χ2n) is 10.3. The fraction of sp³-hybridized carbons (Fsp3) is 0.375. The van der Waals surface area contributed by atoms with Crippen molar-refractivity contribution in [2.24, 2.45) is 0 Å². The first-order valence-electron chi connectivity index (χ1n) is 13.9. The number of sulfonamides is 1. The summed E-state index contributed by atoms with van der Waals surface area (Å²) in [6.45, 7) is 5.39. The SMILES string of the molecule is CC[C@@H](C)NC(=O)[C@@H](Cc1ccccc1)N(Cc1ccccc1C)C(=O)CN(c1cc(OC)ccc1OC)S(C)(=O)=O. The van der Waals surface area contributed by atoms with Crippen LogP contribution < -0.4 is 19.1 Å². The van der Waals surface area contributed by atoms with Gasteiger partial charge in [0.15, 0.2) is 0 Å². The topological polar surface area (TPSA) is 105 Å². The third kappa shape index (κ3) is 8.48. The van der Waals surface area contributed by atoms with Crippen molar-refractivity contribution < 1.29 is 27.5 Å². The molecule has 226 valence electrons. The molecule has 0 saturated carbocycles. The number of rotatable bonds is 14. The maximum absolute atomic E-state index is 14.3. The second-order valence-corrected chi connectivity index (χ2v) is 12.2. The van der Waals surface area contributed by atoms with Crippen LogP contribution in [0.5, 0.6) is 11.5 Å². The van der Waals surface area contributed by atoms with Gasteiger partial charge in [-0.25, -0.2) is 8.42 Å². The van der Waals surface area contributed by atoms with E-state index in [2.05, 4.69) is 5.32 Å². The van der Waals surface area contributed by atoms with Crippen molar-refractivity contribution in [3.05, 3.63) is 89.5 Å². The predicted octanol–water partition coefficient (Wildman–Crippen LogP) is 4.33. The number of hydrogen-bond donors (Lipinski definition) is 1. The molecule has 10 heteroatoms. The van der Waals surface area contributed by atoms with Crippen LogP contribution in [0.4, 0.5) is 5.69 Å². The zero-order valence-electron chi connectivity index (χ0n) is 25.2. The lowest BCUT2D eigenvalue weighted by atomic mass is 10.0. The number of methoxy groups -OCH3 is 2. The molecule has 9 nitrogen and oxygen atoms in total. The second kappa shape index (κ2) is 14.7. The van der Waals surface area contributed by atoms with Gasteiger partial charge in [-0.2, -0.15) is 0 Å². The number of anilines is 1. The summed E-state index contributed by atoms with van der Waals surface area (Å²) < 4.78 is 38.0. The van der Waals surface area contributed by atoms with Crippen LogP contribution in [0.15, 0.2) is 72.8 Å². The van der Waals surface area contributed by atoms with E-state index in [1.807, 2.05) is 75.4 Å². The molecule has 0 radical (unpaired) electrons. The fourth-order valence-corrected chi connectivity index (χ4v) is 5.40. The van der Waals surface area contributed by atoms with Gasteiger partial charge in [0.1, 0.15) is 24.1 Å². The number of carbonyl (C=O) groups is 2. The zero-order chi connectivity index (χ0) is 30.9. The van der Waals surface area contributed by atoms with Gasteiger partial charge in [-0.3, -0.25) is 13.9 Å². The first-order chi connectivity index (χ1) is 20.0. The van der Waals surface area contributed by atoms with Crippen molar-refractivity contribution in [1.82, 2.24) is 10.2 Å². The van der Waals surface area contributed by atoms with Gasteiger partial charge in [0.05, 0.1) is 26.2 Å². The van der Waals surface area contributed by atoms with Crippen molar-refractivity contribution in [3.63, 3.8) is 0 Å². The van der Waals surface area contributed by atoms with Crippen LogP contribution in [-0.4, -0.2) is 64.2 Å². The van der Waals surface area contributed by atoms with E-state index in [0.717, 1.165) is 27.3 Å². The molecular formula is C32H41N3O6S. The molecule has 0 bridgehead atoms. The average molecular weight is 596 g/mol. The van der Waals surface area contributed by atoms with E-state index in [1.165, 1.54) is 25.2 Å². The van der Waals surface area contributed by atoms with Gasteiger partial charge in [0.2, 0.25) is 21.8 Å². The van der Waals surface area contributed by atoms with Crippen LogP contribution >= 0.6 is 0 Å². The molecule has 0 fully saturated rings. The Morgan fingerprint density at radius 1 is 0.952 bits per heavy atom. The summed E-state index contributed by atoms with van der Waals surface area (Å²) >= 11 is 0. The van der Waals surface area contributed by atoms with E-state index in [4.69, 9.17) is 9.47 Å². The first-order valence-corrected chi connectivity index (χ1v) is 15.7. The molecule has 0 aromatic heterocycles. The summed E-state index contributed by atoms with van der Waals surface area (Å²) in [7, 11) is -1.07. The maximum atomic E-state index is 14.3. The lowest BCUT2D eigenvalue weighted by Crippen LogP contribution is -2.54. The standard InChI is InChI=1S/C32H41N3O6S/c1-7-24(3)33-32(37)29(19-25-14-9-8-10-15-25)34(21-26-16-12-11-13-23(26)2)31(36)22-35(42(6,38)39)28-20-27(40-4)17-18-30(28)41-5/h8-18,20,24,29H,7,19,21-22H2,1-6H3,(H,33,37)/t24-,29-/m1/s1. The molecule has 0 unspecified atom stereocenters. The molecule has 0 aliphatic rings. The van der Waals surface area contributed by atoms with Crippen molar-refractivity contribution in [3.8, 4) is 11.5 Å². The molecule has 0 aliphatic heterocycles. The molecule has 2 amide bonds. The lowest BCUT2D eigenvalue weighted by molar-refractivity contribution is -0.140. The third-order valence-electron chi connectivity index (χ3n) is 7.21. The lowest BCUT2D eigenvalue weighted by Gasteiger charge is -2.34. The summed E-state index contributed by atoms with van der Waals surface area (Å²) in [6, 6.07) is 20.8. The molecule has 42 heavy (non-hydrogen) atoms. The monoisotopic (exact) mass is 595 g/mol. The van der Waals surface area contributed by atoms with Gasteiger partial charge >= 0.3 is 0 Å². The number of benzene rings is 3. The summed E-state index contributed by atoms with van der Waals surface area (Å²) in [4.78, 5) is 29.6. The highest BCUT2D eigenvalue weighted by atomic mass is 32.2. The first kappa shape index (κ1) is 32.5. The Balaban J connectivity index is 2.12. The van der Waals surface area contributed by atoms with Crippen molar-refractivity contribution in [2.45, 2.75) is 52.2 Å². The molecule has 0 heterocycles. The van der Waals surface area contributed by atoms with E-state index in [-0.39, 0.29) is 36.4 Å². The minimum atomic E-state index is -3.96. The van der Waals surface area contributed by atoms with Gasteiger partial charge in [-0.05, 0) is 49.1 Å². The van der Waals surface area contributed by atoms with Gasteiger partial charge in [-0.15, -0.1) is 0 Å². The molecule has 3 rings (SSSR count). The number of ether oxygens (including phenoxy) is 2. The number of carbonyl (C=O) groups excluding carboxylic acids is 2. The van der Waals surface area contributed by atoms with E-state index in [1.54, 1.807) is 12.1 Å². The molecular weight excluding hydrogens is 554 g/mol. The zero-order valence-corrected chi connectivity index (χ0v) is 26.0. The number of nitrogens with one attached hydrogen (secondary N) is 1. The van der Waals surface area contributed by atoms with Gasteiger partial charge in [-0.1, -0.05) is 61.5 Å². The third-order valence-corrected chi connectivity index (χ3v) is 8.33. The van der Waals surface area contributed by atoms with Gasteiger partial charge in [0.25, 0.3) is 0 Å². The highest BCUT2D eigenvalue weighted by molar-refractivity contribution is 7.92. The fourth-order valence-electron chi connectivity index (χ4n) is 4.55. The van der Waals surface area contributed by atoms with Crippen LogP contribution in [0.3, 0.4) is 0 Å². The highest BCUT2D eigenvalue weighted by Crippen LogP contribution is 2.34. The Labute approximate surface area is 249 Å². The number of aryl methyl sites for hydroxylation is 1. The Kier molecular flexibility index (Phi) is 11.4. The quantitative estimate of drug-likeness (QED) is 0.298. The van der Waals surface area contributed by atoms with Crippen molar-refractivity contribution in [2.75, 3.05) is 31.3 Å². The van der Waals surface area contributed by atoms with E-state index in [9.17, 15) is 18.0 Å². The van der Waals surface area contributed by atoms with Gasteiger partial charge in [0, 0.05) is 25.1 Å². The van der Waals surface area contributed by atoms with Crippen LogP contribution in [0.25, 0.3) is 0 Å². The number of amides is 2. The molecule has 3 aromatic carbocycles.